The predicted octanol–water partition coefficient (Wildman–Crippen LogP) is 0.677. The summed E-state index contributed by atoms with van der Waals surface area (Å²) in [4.78, 5) is 10.9. The van der Waals surface area contributed by atoms with E-state index in [-0.39, 0.29) is 6.61 Å². The molecule has 0 aliphatic rings. The van der Waals surface area contributed by atoms with Gasteiger partial charge in [-0.15, -0.1) is 4.40 Å². The summed E-state index contributed by atoms with van der Waals surface area (Å²) in [5.41, 5.74) is -0.757. The molecule has 18 heavy (non-hydrogen) atoms. The average molecular weight is 291 g/mol. The summed E-state index contributed by atoms with van der Waals surface area (Å²) in [5.74, 6) is -1.21. The number of unbranched alkanes of at least 4 members (excludes halogenated alkanes) is 1. The molecule has 0 aliphatic heterocycles. The molecule has 0 spiro atoms. The number of hydrogen-bond acceptors (Lipinski definition) is 4. The van der Waals surface area contributed by atoms with Gasteiger partial charge in [-0.25, -0.2) is 4.79 Å². The Morgan fingerprint density at radius 1 is 1.44 bits per heavy atom. The van der Waals surface area contributed by atoms with Gasteiger partial charge in [-0.2, -0.15) is 21.6 Å². The number of hydrogen-bond donors (Lipinski definition) is 2. The number of carbonyl (C=O) groups excluding carboxylic acids is 1. The van der Waals surface area contributed by atoms with Crippen LogP contribution in [0.2, 0.25) is 0 Å². The lowest BCUT2D eigenvalue weighted by Gasteiger charge is -2.06. The topological polar surface area (TPSA) is 111 Å². The fourth-order valence-electron chi connectivity index (χ4n) is 0.654. The van der Waals surface area contributed by atoms with Crippen molar-refractivity contribution in [2.75, 3.05) is 6.61 Å². The number of nitrogens with two attached hydrogens (primary N) is 1. The number of nitrogens with one attached hydrogen (secondary N) is 1. The van der Waals surface area contributed by atoms with E-state index in [1.807, 2.05) is 6.92 Å². The zero-order valence-corrected chi connectivity index (χ0v) is 10.1. The SMILES string of the molecule is CCCCOC(=O)NC(N)=NS(=O)(=O)C(F)(F)F. The van der Waals surface area contributed by atoms with Crippen molar-refractivity contribution in [3.8, 4) is 0 Å². The highest BCUT2D eigenvalue weighted by Crippen LogP contribution is 2.24. The maximum absolute atomic E-state index is 11.9. The fourth-order valence-corrected chi connectivity index (χ4v) is 1.06. The maximum Gasteiger partial charge on any atom is 0.518 e. The van der Waals surface area contributed by atoms with Crippen molar-refractivity contribution in [2.24, 2.45) is 10.1 Å². The van der Waals surface area contributed by atoms with Gasteiger partial charge < -0.3 is 10.5 Å². The number of nitrogens with zero attached hydrogens (tertiary/aromatic N) is 1. The smallest absolute Gasteiger partial charge is 0.449 e. The van der Waals surface area contributed by atoms with E-state index in [9.17, 15) is 26.4 Å². The van der Waals surface area contributed by atoms with Crippen molar-refractivity contribution in [3.05, 3.63) is 0 Å². The van der Waals surface area contributed by atoms with Crippen LogP contribution in [0.1, 0.15) is 19.8 Å². The average Bonchev–Trinajstić information content (AvgIpc) is 2.14. The number of rotatable bonds is 4. The highest BCUT2D eigenvalue weighted by atomic mass is 32.2. The molecule has 0 aliphatic carbocycles. The molecule has 0 aromatic heterocycles. The van der Waals surface area contributed by atoms with Gasteiger partial charge in [-0.3, -0.25) is 5.32 Å². The molecule has 0 radical (unpaired) electrons. The largest absolute Gasteiger partial charge is 0.518 e. The third kappa shape index (κ3) is 5.70. The summed E-state index contributed by atoms with van der Waals surface area (Å²) < 4.78 is 63.3. The third-order valence-electron chi connectivity index (χ3n) is 1.47. The summed E-state index contributed by atoms with van der Waals surface area (Å²) in [6.45, 7) is 1.86. The summed E-state index contributed by atoms with van der Waals surface area (Å²) in [5, 5.41) is 1.55. The van der Waals surface area contributed by atoms with Gasteiger partial charge in [-0.05, 0) is 6.42 Å². The zero-order valence-electron chi connectivity index (χ0n) is 9.32. The van der Waals surface area contributed by atoms with Gasteiger partial charge in [0.05, 0.1) is 6.61 Å². The number of halogens is 3. The molecule has 0 heterocycles. The van der Waals surface area contributed by atoms with E-state index in [2.05, 4.69) is 9.13 Å². The van der Waals surface area contributed by atoms with E-state index < -0.39 is 27.6 Å². The van der Waals surface area contributed by atoms with E-state index in [1.165, 1.54) is 0 Å². The molecule has 7 nitrogen and oxygen atoms in total. The van der Waals surface area contributed by atoms with E-state index in [4.69, 9.17) is 5.73 Å². The summed E-state index contributed by atoms with van der Waals surface area (Å²) in [7, 11) is -5.78. The van der Waals surface area contributed by atoms with Gasteiger partial charge in [0.15, 0.2) is 0 Å². The van der Waals surface area contributed by atoms with Gasteiger partial charge in [-0.1, -0.05) is 13.3 Å². The van der Waals surface area contributed by atoms with Crippen LogP contribution in [0, 0.1) is 0 Å². The zero-order chi connectivity index (χ0) is 14.4. The van der Waals surface area contributed by atoms with Gasteiger partial charge in [0.1, 0.15) is 0 Å². The molecule has 0 atom stereocenters. The first-order chi connectivity index (χ1) is 8.10. The molecule has 3 N–H and O–H groups in total. The minimum absolute atomic E-state index is 0.0294. The third-order valence-corrected chi connectivity index (χ3v) is 2.49. The van der Waals surface area contributed by atoms with Gasteiger partial charge >= 0.3 is 21.6 Å². The van der Waals surface area contributed by atoms with Gasteiger partial charge in [0, 0.05) is 0 Å². The molecule has 0 saturated carbocycles. The second-order valence-electron chi connectivity index (χ2n) is 3.01. The van der Waals surface area contributed by atoms with Crippen LogP contribution in [-0.2, 0) is 14.8 Å². The molecule has 0 aromatic rings. The molecule has 0 aromatic carbocycles. The molecule has 0 bridgehead atoms. The Kier molecular flexibility index (Phi) is 5.88. The van der Waals surface area contributed by atoms with E-state index in [0.717, 1.165) is 6.42 Å². The van der Waals surface area contributed by atoms with Crippen LogP contribution >= 0.6 is 0 Å². The van der Waals surface area contributed by atoms with Crippen molar-refractivity contribution < 1.29 is 31.1 Å². The van der Waals surface area contributed by atoms with Crippen LogP contribution in [0.15, 0.2) is 4.40 Å². The van der Waals surface area contributed by atoms with Gasteiger partial charge in [0.2, 0.25) is 5.96 Å². The minimum Gasteiger partial charge on any atom is -0.449 e. The van der Waals surface area contributed by atoms with Crippen LogP contribution in [0.4, 0.5) is 18.0 Å². The quantitative estimate of drug-likeness (QED) is 0.449. The first kappa shape index (κ1) is 16.5. The second-order valence-corrected chi connectivity index (χ2v) is 4.61. The number of guanidine groups is 1. The molecule has 0 unspecified atom stereocenters. The monoisotopic (exact) mass is 291 g/mol. The lowest BCUT2D eigenvalue weighted by molar-refractivity contribution is -0.0435. The first-order valence-electron chi connectivity index (χ1n) is 4.70. The first-order valence-corrected chi connectivity index (χ1v) is 6.14. The Morgan fingerprint density at radius 2 is 2.00 bits per heavy atom. The van der Waals surface area contributed by atoms with Gasteiger partial charge in [0.25, 0.3) is 0 Å². The molecule has 0 rings (SSSR count). The van der Waals surface area contributed by atoms with Crippen LogP contribution in [0.3, 0.4) is 0 Å². The number of ether oxygens (including phenoxy) is 1. The van der Waals surface area contributed by atoms with E-state index in [1.54, 1.807) is 5.32 Å². The maximum atomic E-state index is 11.9. The standard InChI is InChI=1S/C7H12F3N3O4S/c1-2-3-4-17-6(14)12-5(11)13-18(15,16)7(8,9)10/h2-4H2,1H3,(H3,11,12,13,14). The van der Waals surface area contributed by atoms with Crippen molar-refractivity contribution in [2.45, 2.75) is 25.3 Å². The Hall–Kier alpha value is -1.52. The normalized spacial score (nSPS) is 13.2. The number of sulfonamides is 1. The molecule has 11 heteroatoms. The Morgan fingerprint density at radius 3 is 2.44 bits per heavy atom. The molecular formula is C7H12F3N3O4S. The summed E-state index contributed by atoms with van der Waals surface area (Å²) in [6, 6.07) is 0. The van der Waals surface area contributed by atoms with E-state index >= 15 is 0 Å². The highest BCUT2D eigenvalue weighted by Gasteiger charge is 2.46. The Bertz CT molecular complexity index is 418. The molecule has 0 fully saturated rings. The predicted molar refractivity (Wildman–Crippen MR) is 56.0 cm³/mol. The number of alkyl carbamates (subject to hydrolysis) is 1. The number of carbonyl (C=O) groups is 1. The molecule has 106 valence electrons. The Labute approximate surface area is 101 Å². The van der Waals surface area contributed by atoms with Crippen molar-refractivity contribution in [1.82, 2.24) is 5.32 Å². The minimum atomic E-state index is -5.78. The lowest BCUT2D eigenvalue weighted by atomic mass is 10.4. The van der Waals surface area contributed by atoms with Crippen LogP contribution in [0.5, 0.6) is 0 Å². The second kappa shape index (κ2) is 6.42. The highest BCUT2D eigenvalue weighted by molar-refractivity contribution is 7.91. The number of amides is 1. The van der Waals surface area contributed by atoms with E-state index in [0.29, 0.717) is 6.42 Å². The summed E-state index contributed by atoms with van der Waals surface area (Å²) >= 11 is 0. The molecular weight excluding hydrogens is 279 g/mol. The fraction of sp³-hybridized carbons (Fsp3) is 0.714. The van der Waals surface area contributed by atoms with Crippen molar-refractivity contribution in [3.63, 3.8) is 0 Å². The van der Waals surface area contributed by atoms with Crippen molar-refractivity contribution in [1.29, 1.82) is 0 Å². The van der Waals surface area contributed by atoms with Crippen LogP contribution in [-0.4, -0.2) is 32.6 Å². The summed E-state index contributed by atoms with van der Waals surface area (Å²) in [6.07, 6.45) is 0.104. The van der Waals surface area contributed by atoms with Crippen LogP contribution < -0.4 is 11.1 Å². The lowest BCUT2D eigenvalue weighted by Crippen LogP contribution is -2.39. The van der Waals surface area contributed by atoms with Crippen molar-refractivity contribution >= 4 is 22.1 Å². The Balaban J connectivity index is 4.50. The van der Waals surface area contributed by atoms with Crippen LogP contribution in [0.25, 0.3) is 0 Å². The molecule has 1 amide bonds. The molecule has 0 saturated heterocycles. The number of alkyl halides is 3.